The first-order valence-corrected chi connectivity index (χ1v) is 5.80. The number of fused-ring (bicyclic) bond motifs is 1. The molecule has 0 saturated heterocycles. The molecule has 2 rings (SSSR count). The Kier molecular flexibility index (Phi) is 4.11. The average molecular weight is 251 g/mol. The van der Waals surface area contributed by atoms with Gasteiger partial charge in [0, 0.05) is 45.4 Å². The van der Waals surface area contributed by atoms with Crippen LogP contribution in [0, 0.1) is 0 Å². The molecule has 0 aromatic carbocycles. The Bertz CT molecular complexity index is 561. The van der Waals surface area contributed by atoms with Crippen molar-refractivity contribution in [2.45, 2.75) is 19.1 Å². The molecule has 0 fully saturated rings. The quantitative estimate of drug-likeness (QED) is 0.752. The zero-order valence-corrected chi connectivity index (χ0v) is 10.6. The van der Waals surface area contributed by atoms with Crippen molar-refractivity contribution in [1.82, 2.24) is 14.0 Å². The van der Waals surface area contributed by atoms with Crippen LogP contribution in [0.4, 0.5) is 0 Å². The van der Waals surface area contributed by atoms with Gasteiger partial charge in [0.15, 0.2) is 0 Å². The van der Waals surface area contributed by atoms with Gasteiger partial charge in [0.2, 0.25) is 5.78 Å². The molecular weight excluding hydrogens is 234 g/mol. The summed E-state index contributed by atoms with van der Waals surface area (Å²) in [5, 5.41) is 0. The molecule has 0 radical (unpaired) electrons. The van der Waals surface area contributed by atoms with E-state index in [2.05, 4.69) is 4.98 Å². The summed E-state index contributed by atoms with van der Waals surface area (Å²) < 4.78 is 13.8. The molecule has 18 heavy (non-hydrogen) atoms. The number of hydrogen-bond acceptors (Lipinski definition) is 4. The van der Waals surface area contributed by atoms with Crippen molar-refractivity contribution in [3.63, 3.8) is 0 Å². The number of ether oxygens (including phenoxy) is 2. The van der Waals surface area contributed by atoms with Crippen molar-refractivity contribution in [2.75, 3.05) is 20.8 Å². The second-order valence-electron chi connectivity index (χ2n) is 4.05. The highest BCUT2D eigenvalue weighted by molar-refractivity contribution is 5.28. The maximum absolute atomic E-state index is 11.6. The monoisotopic (exact) mass is 251 g/mol. The number of imidazole rings is 1. The van der Waals surface area contributed by atoms with Gasteiger partial charge in [-0.3, -0.25) is 9.20 Å². The van der Waals surface area contributed by atoms with E-state index in [0.29, 0.717) is 12.4 Å². The summed E-state index contributed by atoms with van der Waals surface area (Å²) >= 11 is 0. The molecule has 0 aliphatic rings. The van der Waals surface area contributed by atoms with E-state index < -0.39 is 0 Å². The van der Waals surface area contributed by atoms with Gasteiger partial charge in [-0.25, -0.2) is 4.98 Å². The maximum Gasteiger partial charge on any atom is 0.258 e. The van der Waals surface area contributed by atoms with Crippen LogP contribution in [-0.2, 0) is 16.0 Å². The fourth-order valence-corrected chi connectivity index (χ4v) is 1.89. The van der Waals surface area contributed by atoms with E-state index in [-0.39, 0.29) is 11.7 Å². The molecule has 6 nitrogen and oxygen atoms in total. The van der Waals surface area contributed by atoms with Gasteiger partial charge < -0.3 is 14.0 Å². The molecule has 2 aromatic rings. The maximum atomic E-state index is 11.6. The molecule has 98 valence electrons. The molecule has 0 saturated carbocycles. The Morgan fingerprint density at radius 1 is 1.39 bits per heavy atom. The lowest BCUT2D eigenvalue weighted by molar-refractivity contribution is 0.0212. The van der Waals surface area contributed by atoms with Crippen LogP contribution < -0.4 is 5.56 Å². The number of rotatable bonds is 6. The van der Waals surface area contributed by atoms with E-state index >= 15 is 0 Å². The molecule has 0 amide bonds. The first-order chi connectivity index (χ1) is 8.76. The van der Waals surface area contributed by atoms with Gasteiger partial charge in [-0.1, -0.05) is 0 Å². The van der Waals surface area contributed by atoms with E-state index in [0.717, 1.165) is 13.0 Å². The summed E-state index contributed by atoms with van der Waals surface area (Å²) in [6.45, 7) is 1.28. The summed E-state index contributed by atoms with van der Waals surface area (Å²) in [5.41, 5.74) is -0.0704. The molecule has 2 aromatic heterocycles. The largest absolute Gasteiger partial charge is 0.382 e. The van der Waals surface area contributed by atoms with Crippen molar-refractivity contribution in [3.8, 4) is 0 Å². The third kappa shape index (κ3) is 2.60. The van der Waals surface area contributed by atoms with Crippen LogP contribution in [0.3, 0.4) is 0 Å². The summed E-state index contributed by atoms with van der Waals surface area (Å²) in [7, 11) is 3.32. The van der Waals surface area contributed by atoms with Crippen LogP contribution in [-0.4, -0.2) is 40.9 Å². The van der Waals surface area contributed by atoms with E-state index in [9.17, 15) is 4.79 Å². The van der Waals surface area contributed by atoms with E-state index in [1.165, 1.54) is 10.5 Å². The highest BCUT2D eigenvalue weighted by Crippen LogP contribution is 2.04. The van der Waals surface area contributed by atoms with Crippen molar-refractivity contribution in [3.05, 3.63) is 35.0 Å². The summed E-state index contributed by atoms with van der Waals surface area (Å²) in [6, 6.07) is 1.53. The number of hydrogen-bond donors (Lipinski definition) is 0. The van der Waals surface area contributed by atoms with Gasteiger partial charge in [0.1, 0.15) is 0 Å². The molecule has 0 bridgehead atoms. The highest BCUT2D eigenvalue weighted by Gasteiger charge is 2.08. The van der Waals surface area contributed by atoms with Crippen LogP contribution in [0.5, 0.6) is 0 Å². The van der Waals surface area contributed by atoms with Crippen LogP contribution in [0.2, 0.25) is 0 Å². The fourth-order valence-electron chi connectivity index (χ4n) is 1.89. The minimum absolute atomic E-state index is 0.0458. The van der Waals surface area contributed by atoms with E-state index in [1.807, 2.05) is 4.57 Å². The Morgan fingerprint density at radius 3 is 2.94 bits per heavy atom. The van der Waals surface area contributed by atoms with E-state index in [4.69, 9.17) is 9.47 Å². The molecule has 1 unspecified atom stereocenters. The molecule has 0 N–H and O–H groups in total. The lowest BCUT2D eigenvalue weighted by atomic mass is 10.2. The van der Waals surface area contributed by atoms with Gasteiger partial charge in [-0.2, -0.15) is 0 Å². The fraction of sp³-hybridized carbons (Fsp3) is 0.500. The van der Waals surface area contributed by atoms with Crippen LogP contribution in [0.1, 0.15) is 6.42 Å². The van der Waals surface area contributed by atoms with Crippen molar-refractivity contribution >= 4 is 5.78 Å². The summed E-state index contributed by atoms with van der Waals surface area (Å²) in [6.07, 6.45) is 5.89. The number of aryl methyl sites for hydroxylation is 1. The molecular formula is C12H17N3O3. The zero-order chi connectivity index (χ0) is 13.0. The highest BCUT2D eigenvalue weighted by atomic mass is 16.5. The molecule has 1 atom stereocenters. The standard InChI is InChI=1S/C12H17N3O3/c1-17-9-10(18-2)3-6-14-7-4-11(16)15-8-5-13-12(14)15/h4-5,7-8,10H,3,6,9H2,1-2H3. The lowest BCUT2D eigenvalue weighted by Gasteiger charge is -2.15. The topological polar surface area (TPSA) is 57.8 Å². The molecule has 2 heterocycles. The number of aromatic nitrogens is 3. The molecule has 0 aliphatic carbocycles. The third-order valence-electron chi connectivity index (χ3n) is 2.89. The molecule has 0 spiro atoms. The van der Waals surface area contributed by atoms with Gasteiger partial charge in [-0.05, 0) is 6.42 Å². The number of nitrogens with zero attached hydrogens (tertiary/aromatic N) is 3. The molecule has 6 heteroatoms. The predicted octanol–water partition coefficient (Wildman–Crippen LogP) is 0.547. The van der Waals surface area contributed by atoms with Crippen molar-refractivity contribution in [1.29, 1.82) is 0 Å². The Morgan fingerprint density at radius 2 is 2.22 bits per heavy atom. The second-order valence-corrected chi connectivity index (χ2v) is 4.05. The summed E-state index contributed by atoms with van der Waals surface area (Å²) in [5.74, 6) is 0.648. The van der Waals surface area contributed by atoms with Crippen molar-refractivity contribution < 1.29 is 9.47 Å². The van der Waals surface area contributed by atoms with Gasteiger partial charge in [0.05, 0.1) is 12.7 Å². The van der Waals surface area contributed by atoms with Crippen LogP contribution in [0.25, 0.3) is 5.78 Å². The van der Waals surface area contributed by atoms with Gasteiger partial charge >= 0.3 is 0 Å². The Balaban J connectivity index is 2.14. The minimum Gasteiger partial charge on any atom is -0.382 e. The van der Waals surface area contributed by atoms with Crippen molar-refractivity contribution in [2.24, 2.45) is 0 Å². The first-order valence-electron chi connectivity index (χ1n) is 5.80. The second kappa shape index (κ2) is 5.79. The first kappa shape index (κ1) is 12.8. The normalized spacial score (nSPS) is 13.0. The summed E-state index contributed by atoms with van der Waals surface area (Å²) in [4.78, 5) is 15.7. The zero-order valence-electron chi connectivity index (χ0n) is 10.6. The smallest absolute Gasteiger partial charge is 0.258 e. The Hall–Kier alpha value is -1.66. The Labute approximate surface area is 105 Å². The lowest BCUT2D eigenvalue weighted by Crippen LogP contribution is -2.21. The molecule has 0 aliphatic heterocycles. The van der Waals surface area contributed by atoms with Crippen LogP contribution in [0.15, 0.2) is 29.5 Å². The van der Waals surface area contributed by atoms with E-state index in [1.54, 1.807) is 32.8 Å². The van der Waals surface area contributed by atoms with Gasteiger partial charge in [-0.15, -0.1) is 0 Å². The predicted molar refractivity (Wildman–Crippen MR) is 66.7 cm³/mol. The number of methoxy groups -OCH3 is 2. The van der Waals surface area contributed by atoms with Gasteiger partial charge in [0.25, 0.3) is 5.56 Å². The third-order valence-corrected chi connectivity index (χ3v) is 2.89. The SMILES string of the molecule is COCC(CCn1ccc(=O)n2ccnc12)OC. The average Bonchev–Trinajstić information content (AvgIpc) is 2.86. The van der Waals surface area contributed by atoms with Crippen LogP contribution >= 0.6 is 0 Å². The minimum atomic E-state index is -0.0704.